The summed E-state index contributed by atoms with van der Waals surface area (Å²) in [6, 6.07) is 7.34. The van der Waals surface area contributed by atoms with Gasteiger partial charge >= 0.3 is 0 Å². The normalized spacial score (nSPS) is 26.6. The van der Waals surface area contributed by atoms with Crippen LogP contribution >= 0.6 is 0 Å². The molecule has 3 atom stereocenters. The molecule has 3 rings (SSSR count). The van der Waals surface area contributed by atoms with Crippen molar-refractivity contribution in [3.63, 3.8) is 0 Å². The molecule has 112 valence electrons. The predicted octanol–water partition coefficient (Wildman–Crippen LogP) is 2.58. The first-order valence-electron chi connectivity index (χ1n) is 7.78. The molecule has 2 aliphatic carbocycles. The van der Waals surface area contributed by atoms with E-state index >= 15 is 0 Å². The number of carbonyl (C=O) groups excluding carboxylic acids is 2. The molecule has 0 aliphatic heterocycles. The fourth-order valence-electron chi connectivity index (χ4n) is 3.94. The largest absolute Gasteiger partial charge is 0.273 e. The van der Waals surface area contributed by atoms with Gasteiger partial charge in [0.2, 0.25) is 5.91 Å². The Morgan fingerprint density at radius 3 is 2.62 bits per heavy atom. The molecular formula is C17H22N2O2. The highest BCUT2D eigenvalue weighted by molar-refractivity contribution is 5.96. The monoisotopic (exact) mass is 286 g/mol. The summed E-state index contributed by atoms with van der Waals surface area (Å²) in [7, 11) is 0. The number of nitrogens with one attached hydrogen (secondary N) is 2. The number of hydrazine groups is 1. The quantitative estimate of drug-likeness (QED) is 0.839. The summed E-state index contributed by atoms with van der Waals surface area (Å²) in [6.45, 7) is 1.88. The molecular weight excluding hydrogens is 264 g/mol. The molecule has 2 N–H and O–H groups in total. The molecule has 0 unspecified atom stereocenters. The molecule has 1 aromatic rings. The van der Waals surface area contributed by atoms with Crippen molar-refractivity contribution in [1.82, 2.24) is 10.9 Å². The third-order valence-corrected chi connectivity index (χ3v) is 5.04. The molecule has 0 radical (unpaired) electrons. The number of amides is 2. The number of carbonyl (C=O) groups is 2. The van der Waals surface area contributed by atoms with E-state index in [-0.39, 0.29) is 11.8 Å². The highest BCUT2D eigenvalue weighted by atomic mass is 16.2. The van der Waals surface area contributed by atoms with Crippen LogP contribution in [0.15, 0.2) is 24.3 Å². The number of hydrogen-bond donors (Lipinski definition) is 2. The van der Waals surface area contributed by atoms with Gasteiger partial charge in [-0.25, -0.2) is 0 Å². The van der Waals surface area contributed by atoms with Crippen LogP contribution in [0.3, 0.4) is 0 Å². The van der Waals surface area contributed by atoms with Crippen molar-refractivity contribution in [3.05, 3.63) is 35.4 Å². The second-order valence-electron chi connectivity index (χ2n) is 6.46. The Hall–Kier alpha value is -1.84. The number of fused-ring (bicyclic) bond motifs is 2. The lowest BCUT2D eigenvalue weighted by molar-refractivity contribution is -0.123. The summed E-state index contributed by atoms with van der Waals surface area (Å²) < 4.78 is 0. The average Bonchev–Trinajstić information content (AvgIpc) is 3.08. The van der Waals surface area contributed by atoms with Crippen molar-refractivity contribution >= 4 is 11.8 Å². The molecule has 2 bridgehead atoms. The first-order chi connectivity index (χ1) is 10.1. The Labute approximate surface area is 125 Å². The average molecular weight is 286 g/mol. The third kappa shape index (κ3) is 3.09. The number of rotatable bonds is 3. The van der Waals surface area contributed by atoms with E-state index in [0.29, 0.717) is 17.9 Å². The SMILES string of the molecule is Cc1ccccc1C(=O)NNC(=O)C[C@H]1C[C@@H]2CC[C@@H]1C2. The van der Waals surface area contributed by atoms with Gasteiger partial charge in [0, 0.05) is 12.0 Å². The van der Waals surface area contributed by atoms with E-state index < -0.39 is 0 Å². The number of aryl methyl sites for hydroxylation is 1. The van der Waals surface area contributed by atoms with Crippen molar-refractivity contribution in [3.8, 4) is 0 Å². The van der Waals surface area contributed by atoms with Crippen LogP contribution in [0.4, 0.5) is 0 Å². The molecule has 0 saturated heterocycles. The standard InChI is InChI=1S/C17H22N2O2/c1-11-4-2-3-5-15(11)17(21)19-18-16(20)10-14-9-12-6-7-13(14)8-12/h2-5,12-14H,6-10H2,1H3,(H,18,20)(H,19,21)/t12-,13-,14-/m1/s1. The lowest BCUT2D eigenvalue weighted by Gasteiger charge is -2.21. The predicted molar refractivity (Wildman–Crippen MR) is 80.3 cm³/mol. The molecule has 2 amide bonds. The minimum atomic E-state index is -0.255. The molecule has 0 aromatic heterocycles. The van der Waals surface area contributed by atoms with Crippen LogP contribution in [0.1, 0.15) is 48.0 Å². The van der Waals surface area contributed by atoms with Crippen LogP contribution in [0, 0.1) is 24.7 Å². The van der Waals surface area contributed by atoms with Gasteiger partial charge < -0.3 is 0 Å². The second-order valence-corrected chi connectivity index (χ2v) is 6.46. The summed E-state index contributed by atoms with van der Waals surface area (Å²) in [4.78, 5) is 24.0. The minimum Gasteiger partial charge on any atom is -0.273 e. The molecule has 2 aliphatic rings. The minimum absolute atomic E-state index is 0.0746. The van der Waals surface area contributed by atoms with Gasteiger partial charge in [0.1, 0.15) is 0 Å². The smallest absolute Gasteiger partial charge is 0.269 e. The van der Waals surface area contributed by atoms with Gasteiger partial charge in [-0.2, -0.15) is 0 Å². The summed E-state index contributed by atoms with van der Waals surface area (Å²) in [5, 5.41) is 0. The summed E-state index contributed by atoms with van der Waals surface area (Å²) in [6.07, 6.45) is 5.64. The molecule has 1 aromatic carbocycles. The van der Waals surface area contributed by atoms with E-state index in [1.807, 2.05) is 25.1 Å². The number of hydrogen-bond acceptors (Lipinski definition) is 2. The molecule has 0 spiro atoms. The van der Waals surface area contributed by atoms with Crippen molar-refractivity contribution in [2.75, 3.05) is 0 Å². The van der Waals surface area contributed by atoms with Crippen LogP contribution in [-0.4, -0.2) is 11.8 Å². The van der Waals surface area contributed by atoms with Crippen LogP contribution in [0.25, 0.3) is 0 Å². The van der Waals surface area contributed by atoms with Gasteiger partial charge in [-0.1, -0.05) is 24.6 Å². The maximum atomic E-state index is 12.0. The van der Waals surface area contributed by atoms with Gasteiger partial charge in [-0.15, -0.1) is 0 Å². The zero-order valence-corrected chi connectivity index (χ0v) is 12.4. The third-order valence-electron chi connectivity index (χ3n) is 5.04. The first kappa shape index (κ1) is 14.1. The topological polar surface area (TPSA) is 58.2 Å². The summed E-state index contributed by atoms with van der Waals surface area (Å²) >= 11 is 0. The van der Waals surface area contributed by atoms with E-state index in [2.05, 4.69) is 10.9 Å². The van der Waals surface area contributed by atoms with E-state index in [1.165, 1.54) is 25.7 Å². The van der Waals surface area contributed by atoms with Crippen molar-refractivity contribution in [2.24, 2.45) is 17.8 Å². The lowest BCUT2D eigenvalue weighted by atomic mass is 9.86. The van der Waals surface area contributed by atoms with Crippen molar-refractivity contribution in [1.29, 1.82) is 0 Å². The molecule has 2 fully saturated rings. The van der Waals surface area contributed by atoms with Crippen LogP contribution in [0.5, 0.6) is 0 Å². The zero-order valence-electron chi connectivity index (χ0n) is 12.4. The zero-order chi connectivity index (χ0) is 14.8. The Bertz CT molecular complexity index is 555. The molecule has 21 heavy (non-hydrogen) atoms. The maximum Gasteiger partial charge on any atom is 0.269 e. The Balaban J connectivity index is 1.48. The highest BCUT2D eigenvalue weighted by Gasteiger charge is 2.40. The fraction of sp³-hybridized carbons (Fsp3) is 0.529. The van der Waals surface area contributed by atoms with Crippen molar-refractivity contribution < 1.29 is 9.59 Å². The highest BCUT2D eigenvalue weighted by Crippen LogP contribution is 2.49. The van der Waals surface area contributed by atoms with Crippen LogP contribution in [0.2, 0.25) is 0 Å². The Kier molecular flexibility index (Phi) is 3.95. The maximum absolute atomic E-state index is 12.0. The summed E-state index contributed by atoms with van der Waals surface area (Å²) in [5.41, 5.74) is 6.57. The van der Waals surface area contributed by atoms with Crippen LogP contribution in [-0.2, 0) is 4.79 Å². The first-order valence-corrected chi connectivity index (χ1v) is 7.78. The van der Waals surface area contributed by atoms with Gasteiger partial charge in [-0.05, 0) is 55.6 Å². The van der Waals surface area contributed by atoms with Crippen molar-refractivity contribution in [2.45, 2.75) is 39.0 Å². The van der Waals surface area contributed by atoms with E-state index in [4.69, 9.17) is 0 Å². The molecule has 2 saturated carbocycles. The van der Waals surface area contributed by atoms with E-state index in [9.17, 15) is 9.59 Å². The molecule has 0 heterocycles. The number of benzene rings is 1. The Morgan fingerprint density at radius 1 is 1.14 bits per heavy atom. The summed E-state index contributed by atoms with van der Waals surface area (Å²) in [5.74, 6) is 1.75. The van der Waals surface area contributed by atoms with Gasteiger partial charge in [0.05, 0.1) is 0 Å². The van der Waals surface area contributed by atoms with Gasteiger partial charge in [-0.3, -0.25) is 20.4 Å². The fourth-order valence-corrected chi connectivity index (χ4v) is 3.94. The second kappa shape index (κ2) is 5.88. The molecule has 4 heteroatoms. The van der Waals surface area contributed by atoms with E-state index in [0.717, 1.165) is 17.4 Å². The van der Waals surface area contributed by atoms with Gasteiger partial charge in [0.15, 0.2) is 0 Å². The van der Waals surface area contributed by atoms with E-state index in [1.54, 1.807) is 6.07 Å². The Morgan fingerprint density at radius 2 is 1.95 bits per heavy atom. The van der Waals surface area contributed by atoms with Gasteiger partial charge in [0.25, 0.3) is 5.91 Å². The molecule has 4 nitrogen and oxygen atoms in total. The lowest BCUT2D eigenvalue weighted by Crippen LogP contribution is -2.42. The van der Waals surface area contributed by atoms with Crippen LogP contribution < -0.4 is 10.9 Å².